The first-order valence-electron chi connectivity index (χ1n) is 10.1. The molecule has 1 unspecified atom stereocenters. The molecule has 0 fully saturated rings. The molecule has 7 nitrogen and oxygen atoms in total. The van der Waals surface area contributed by atoms with Gasteiger partial charge >= 0.3 is 11.9 Å². The van der Waals surface area contributed by atoms with Crippen LogP contribution in [-0.2, 0) is 20.9 Å². The van der Waals surface area contributed by atoms with Crippen molar-refractivity contribution in [1.82, 2.24) is 9.55 Å². The molecule has 2 N–H and O–H groups in total. The van der Waals surface area contributed by atoms with Gasteiger partial charge < -0.3 is 19.5 Å². The fourth-order valence-electron chi connectivity index (χ4n) is 2.41. The van der Waals surface area contributed by atoms with Crippen LogP contribution in [0.2, 0.25) is 0 Å². The van der Waals surface area contributed by atoms with Crippen molar-refractivity contribution in [1.29, 1.82) is 0 Å². The molecular weight excluding hydrogens is 380 g/mol. The third kappa shape index (κ3) is 16.6. The summed E-state index contributed by atoms with van der Waals surface area (Å²) < 4.78 is 8.09. The summed E-state index contributed by atoms with van der Waals surface area (Å²) in [6, 6.07) is 0. The first kappa shape index (κ1) is 26.5. The van der Waals surface area contributed by atoms with Crippen LogP contribution >= 0.6 is 11.8 Å². The Morgan fingerprint density at radius 2 is 1.68 bits per heavy atom. The fraction of sp³-hybridized carbons (Fsp3) is 0.750. The monoisotopic (exact) mass is 416 g/mol. The van der Waals surface area contributed by atoms with Crippen molar-refractivity contribution in [2.24, 2.45) is 0 Å². The minimum absolute atomic E-state index is 0.544. The number of hydrogen-bond donors (Lipinski definition) is 2. The van der Waals surface area contributed by atoms with Gasteiger partial charge in [-0.2, -0.15) is 11.8 Å². The number of hydrogen-bond acceptors (Lipinski definition) is 5. The Balaban J connectivity index is 0.00000105. The van der Waals surface area contributed by atoms with Gasteiger partial charge in [0.05, 0.1) is 12.9 Å². The topological polar surface area (TPSA) is 102 Å². The third-order valence-corrected chi connectivity index (χ3v) is 5.23. The van der Waals surface area contributed by atoms with E-state index in [0.29, 0.717) is 5.25 Å². The standard InChI is InChI=1S/C18H34N2OS.C2H2O4/c1-3-5-7-9-13-21-16-18(15-20-12-11-19-17-20)22-14-10-8-6-4-2;3-1(4)2(5)6/h11-12,17-18H,3-10,13-16H2,1-2H3;(H,3,4)(H,5,6). The van der Waals surface area contributed by atoms with E-state index in [0.717, 1.165) is 19.8 Å². The lowest BCUT2D eigenvalue weighted by Gasteiger charge is -2.17. The van der Waals surface area contributed by atoms with E-state index in [4.69, 9.17) is 24.5 Å². The van der Waals surface area contributed by atoms with Crippen LogP contribution in [0.1, 0.15) is 65.2 Å². The number of carboxylic acid groups (broad SMARTS) is 2. The first-order valence-corrected chi connectivity index (χ1v) is 11.2. The molecule has 0 bridgehead atoms. The van der Waals surface area contributed by atoms with Crippen molar-refractivity contribution in [3.63, 3.8) is 0 Å². The zero-order valence-corrected chi connectivity index (χ0v) is 18.0. The highest BCUT2D eigenvalue weighted by Gasteiger charge is 2.10. The summed E-state index contributed by atoms with van der Waals surface area (Å²) in [5, 5.41) is 15.3. The zero-order chi connectivity index (χ0) is 21.0. The normalized spacial score (nSPS) is 11.5. The smallest absolute Gasteiger partial charge is 0.414 e. The second-order valence-corrected chi connectivity index (χ2v) is 7.97. The van der Waals surface area contributed by atoms with E-state index in [1.807, 2.05) is 18.7 Å². The van der Waals surface area contributed by atoms with Crippen LogP contribution in [0.15, 0.2) is 18.7 Å². The predicted molar refractivity (Wildman–Crippen MR) is 113 cm³/mol. The SMILES string of the molecule is CCCCCCOCC(Cn1ccnc1)SCCCCCC.O=C(O)C(=O)O. The minimum Gasteiger partial charge on any atom is -0.473 e. The maximum atomic E-state index is 9.10. The summed E-state index contributed by atoms with van der Waals surface area (Å²) in [4.78, 5) is 22.3. The summed E-state index contributed by atoms with van der Waals surface area (Å²) in [5.41, 5.74) is 0. The highest BCUT2D eigenvalue weighted by atomic mass is 32.2. The van der Waals surface area contributed by atoms with E-state index < -0.39 is 11.9 Å². The Labute approximate surface area is 172 Å². The first-order chi connectivity index (χ1) is 13.5. The molecule has 0 aliphatic rings. The van der Waals surface area contributed by atoms with Crippen LogP contribution in [0.4, 0.5) is 0 Å². The predicted octanol–water partition coefficient (Wildman–Crippen LogP) is 4.32. The van der Waals surface area contributed by atoms with E-state index >= 15 is 0 Å². The Morgan fingerprint density at radius 3 is 2.21 bits per heavy atom. The van der Waals surface area contributed by atoms with Gasteiger partial charge in [-0.05, 0) is 18.6 Å². The largest absolute Gasteiger partial charge is 0.473 e. The number of nitrogens with zero attached hydrogens (tertiary/aromatic N) is 2. The van der Waals surface area contributed by atoms with E-state index in [9.17, 15) is 0 Å². The minimum atomic E-state index is -1.82. The van der Waals surface area contributed by atoms with Crippen LogP contribution in [0.5, 0.6) is 0 Å². The molecule has 1 heterocycles. The average Bonchev–Trinajstić information content (AvgIpc) is 3.17. The van der Waals surface area contributed by atoms with Gasteiger partial charge in [0.15, 0.2) is 0 Å². The lowest BCUT2D eigenvalue weighted by Crippen LogP contribution is -2.19. The molecule has 1 aromatic rings. The molecule has 0 saturated carbocycles. The summed E-state index contributed by atoms with van der Waals surface area (Å²) in [5.74, 6) is -2.40. The molecule has 1 rings (SSSR count). The number of rotatable bonds is 15. The van der Waals surface area contributed by atoms with Gasteiger partial charge in [0.2, 0.25) is 0 Å². The van der Waals surface area contributed by atoms with Crippen molar-refractivity contribution < 1.29 is 24.5 Å². The van der Waals surface area contributed by atoms with E-state index in [-0.39, 0.29) is 0 Å². The molecule has 0 radical (unpaired) electrons. The number of aliphatic carboxylic acids is 2. The molecule has 0 aliphatic heterocycles. The summed E-state index contributed by atoms with van der Waals surface area (Å²) in [6.07, 6.45) is 16.3. The lowest BCUT2D eigenvalue weighted by molar-refractivity contribution is -0.159. The van der Waals surface area contributed by atoms with Gasteiger partial charge in [-0.25, -0.2) is 14.6 Å². The molecule has 1 aromatic heterocycles. The number of aromatic nitrogens is 2. The third-order valence-electron chi connectivity index (χ3n) is 3.95. The maximum Gasteiger partial charge on any atom is 0.414 e. The zero-order valence-electron chi connectivity index (χ0n) is 17.2. The lowest BCUT2D eigenvalue weighted by atomic mass is 10.2. The molecule has 0 spiro atoms. The number of unbranched alkanes of at least 4 members (excludes halogenated alkanes) is 6. The molecule has 0 saturated heterocycles. The van der Waals surface area contributed by atoms with Gasteiger partial charge in [0.1, 0.15) is 0 Å². The Bertz CT molecular complexity index is 485. The Hall–Kier alpha value is -1.54. The molecule has 0 aromatic carbocycles. The average molecular weight is 417 g/mol. The van der Waals surface area contributed by atoms with Gasteiger partial charge in [-0.1, -0.05) is 52.4 Å². The van der Waals surface area contributed by atoms with Crippen molar-refractivity contribution in [3.05, 3.63) is 18.7 Å². The van der Waals surface area contributed by atoms with Crippen LogP contribution in [0, 0.1) is 0 Å². The fourth-order valence-corrected chi connectivity index (χ4v) is 3.58. The highest BCUT2D eigenvalue weighted by Crippen LogP contribution is 2.17. The van der Waals surface area contributed by atoms with Crippen molar-refractivity contribution in [2.75, 3.05) is 19.0 Å². The van der Waals surface area contributed by atoms with Crippen LogP contribution in [-0.4, -0.2) is 55.9 Å². The van der Waals surface area contributed by atoms with Crippen molar-refractivity contribution >= 4 is 23.7 Å². The van der Waals surface area contributed by atoms with Crippen LogP contribution in [0.3, 0.4) is 0 Å². The maximum absolute atomic E-state index is 9.10. The molecule has 0 aliphatic carbocycles. The molecule has 0 amide bonds. The van der Waals surface area contributed by atoms with Gasteiger partial charge in [-0.15, -0.1) is 0 Å². The van der Waals surface area contributed by atoms with E-state index in [1.54, 1.807) is 0 Å². The molecular formula is C20H36N2O5S. The Morgan fingerprint density at radius 1 is 1.04 bits per heavy atom. The molecule has 162 valence electrons. The van der Waals surface area contributed by atoms with E-state index in [2.05, 4.69) is 35.2 Å². The Kier molecular flexibility index (Phi) is 17.8. The summed E-state index contributed by atoms with van der Waals surface area (Å²) in [6.45, 7) is 7.30. The van der Waals surface area contributed by atoms with Crippen LogP contribution < -0.4 is 0 Å². The van der Waals surface area contributed by atoms with Gasteiger partial charge in [0.25, 0.3) is 0 Å². The second-order valence-electron chi connectivity index (χ2n) is 6.56. The van der Waals surface area contributed by atoms with Gasteiger partial charge in [-0.3, -0.25) is 0 Å². The quantitative estimate of drug-likeness (QED) is 0.324. The summed E-state index contributed by atoms with van der Waals surface area (Å²) in [7, 11) is 0. The van der Waals surface area contributed by atoms with Crippen molar-refractivity contribution in [3.8, 4) is 0 Å². The van der Waals surface area contributed by atoms with Gasteiger partial charge in [0, 0.05) is 30.8 Å². The number of imidazole rings is 1. The van der Waals surface area contributed by atoms with Crippen LogP contribution in [0.25, 0.3) is 0 Å². The molecule has 1 atom stereocenters. The number of carboxylic acids is 2. The summed E-state index contributed by atoms with van der Waals surface area (Å²) >= 11 is 2.06. The highest BCUT2D eigenvalue weighted by molar-refractivity contribution is 7.99. The number of thioether (sulfide) groups is 1. The molecule has 8 heteroatoms. The molecule has 28 heavy (non-hydrogen) atoms. The number of carbonyl (C=O) groups is 2. The number of ether oxygens (including phenoxy) is 1. The second kappa shape index (κ2) is 18.8. The van der Waals surface area contributed by atoms with E-state index in [1.165, 1.54) is 57.1 Å². The van der Waals surface area contributed by atoms with Crippen molar-refractivity contribution in [2.45, 2.75) is 77.0 Å².